The van der Waals surface area contributed by atoms with Crippen molar-refractivity contribution in [1.29, 1.82) is 0 Å². The van der Waals surface area contributed by atoms with Crippen LogP contribution in [0.3, 0.4) is 0 Å². The van der Waals surface area contributed by atoms with E-state index in [1.165, 1.54) is 7.05 Å². The van der Waals surface area contributed by atoms with Crippen LogP contribution in [0.15, 0.2) is 23.5 Å². The van der Waals surface area contributed by atoms with Crippen LogP contribution in [0.1, 0.15) is 6.42 Å². The topological polar surface area (TPSA) is 54.2 Å². The monoisotopic (exact) mass is 263 g/mol. The summed E-state index contributed by atoms with van der Waals surface area (Å²) in [4.78, 5) is 3.82. The minimum atomic E-state index is -4.15. The lowest BCUT2D eigenvalue weighted by Crippen LogP contribution is -2.40. The molecule has 0 unspecified atom stereocenters. The second-order valence-corrected chi connectivity index (χ2v) is 3.56. The predicted octanol–water partition coefficient (Wildman–Crippen LogP) is 1.00. The lowest BCUT2D eigenvalue weighted by atomic mass is 10.4. The molecule has 0 bridgehead atoms. The molecule has 0 radical (unpaired) electrons. The first kappa shape index (κ1) is 14.3. The van der Waals surface area contributed by atoms with Gasteiger partial charge in [-0.2, -0.15) is 18.3 Å². The van der Waals surface area contributed by atoms with Gasteiger partial charge in [0.25, 0.3) is 0 Å². The van der Waals surface area contributed by atoms with Gasteiger partial charge in [0, 0.05) is 32.5 Å². The Labute approximate surface area is 103 Å². The number of alkyl halides is 3. The van der Waals surface area contributed by atoms with E-state index in [4.69, 9.17) is 0 Å². The number of hydrogen-bond acceptors (Lipinski definition) is 2. The Kier molecular flexibility index (Phi) is 5.47. The van der Waals surface area contributed by atoms with E-state index in [-0.39, 0.29) is 6.54 Å². The van der Waals surface area contributed by atoms with Crippen molar-refractivity contribution >= 4 is 5.96 Å². The number of hydrogen-bond donors (Lipinski definition) is 2. The minimum absolute atomic E-state index is 0.190. The van der Waals surface area contributed by atoms with Crippen LogP contribution in [0.5, 0.6) is 0 Å². The number of halogens is 3. The van der Waals surface area contributed by atoms with Gasteiger partial charge in [-0.15, -0.1) is 0 Å². The molecule has 102 valence electrons. The summed E-state index contributed by atoms with van der Waals surface area (Å²) < 4.78 is 37.5. The molecule has 0 spiro atoms. The normalized spacial score (nSPS) is 12.6. The molecular weight excluding hydrogens is 247 g/mol. The molecule has 18 heavy (non-hydrogen) atoms. The Bertz CT molecular complexity index is 358. The molecule has 1 aromatic heterocycles. The van der Waals surface area contributed by atoms with Crippen LogP contribution in [0.4, 0.5) is 13.2 Å². The first-order valence-electron chi connectivity index (χ1n) is 5.50. The van der Waals surface area contributed by atoms with Crippen molar-refractivity contribution in [3.63, 3.8) is 0 Å². The van der Waals surface area contributed by atoms with Crippen LogP contribution < -0.4 is 10.6 Å². The zero-order valence-corrected chi connectivity index (χ0v) is 10.0. The van der Waals surface area contributed by atoms with Crippen molar-refractivity contribution in [2.24, 2.45) is 4.99 Å². The lowest BCUT2D eigenvalue weighted by molar-refractivity contribution is -0.132. The van der Waals surface area contributed by atoms with Crippen LogP contribution >= 0.6 is 0 Å². The third-order valence-electron chi connectivity index (χ3n) is 2.12. The summed E-state index contributed by atoms with van der Waals surface area (Å²) in [5.41, 5.74) is 0. The van der Waals surface area contributed by atoms with Gasteiger partial charge in [-0.05, 0) is 6.07 Å². The maximum absolute atomic E-state index is 11.9. The smallest absolute Gasteiger partial charge is 0.356 e. The molecule has 0 fully saturated rings. The Hall–Kier alpha value is -1.73. The average molecular weight is 263 g/mol. The third kappa shape index (κ3) is 6.12. The molecule has 0 aliphatic heterocycles. The van der Waals surface area contributed by atoms with Gasteiger partial charge in [-0.25, -0.2) is 0 Å². The van der Waals surface area contributed by atoms with Crippen molar-refractivity contribution in [2.75, 3.05) is 20.1 Å². The summed E-state index contributed by atoms with van der Waals surface area (Å²) in [6, 6.07) is 1.80. The number of nitrogens with one attached hydrogen (secondary N) is 2. The van der Waals surface area contributed by atoms with Gasteiger partial charge < -0.3 is 10.6 Å². The van der Waals surface area contributed by atoms with Gasteiger partial charge in [0.1, 0.15) is 0 Å². The fourth-order valence-corrected chi connectivity index (χ4v) is 1.26. The number of aliphatic imine (C=N–C) groups is 1. The van der Waals surface area contributed by atoms with Crippen molar-refractivity contribution in [3.05, 3.63) is 18.5 Å². The Balaban J connectivity index is 2.18. The highest BCUT2D eigenvalue weighted by molar-refractivity contribution is 5.79. The number of aromatic nitrogens is 2. The Morgan fingerprint density at radius 3 is 2.61 bits per heavy atom. The molecule has 1 aromatic rings. The van der Waals surface area contributed by atoms with Gasteiger partial charge in [0.05, 0.1) is 13.0 Å². The van der Waals surface area contributed by atoms with Crippen molar-refractivity contribution in [1.82, 2.24) is 20.4 Å². The fourth-order valence-electron chi connectivity index (χ4n) is 1.26. The third-order valence-corrected chi connectivity index (χ3v) is 2.12. The SMILES string of the molecule is CN=C(NCCn1cccn1)NCCC(F)(F)F. The van der Waals surface area contributed by atoms with E-state index in [0.717, 1.165) is 0 Å². The standard InChI is InChI=1S/C10H16F3N5/c1-14-9(15-5-3-10(11,12)13)16-6-8-18-7-2-4-17-18/h2,4,7H,3,5-6,8H2,1H3,(H2,14,15,16). The van der Waals surface area contributed by atoms with Gasteiger partial charge in [0.15, 0.2) is 5.96 Å². The summed E-state index contributed by atoms with van der Waals surface area (Å²) in [7, 11) is 1.51. The van der Waals surface area contributed by atoms with Crippen LogP contribution in [0.25, 0.3) is 0 Å². The van der Waals surface area contributed by atoms with Crippen molar-refractivity contribution < 1.29 is 13.2 Å². The zero-order chi connectivity index (χ0) is 13.4. The molecule has 0 saturated heterocycles. The molecule has 2 N–H and O–H groups in total. The zero-order valence-electron chi connectivity index (χ0n) is 10.0. The maximum Gasteiger partial charge on any atom is 0.390 e. The Morgan fingerprint density at radius 1 is 1.33 bits per heavy atom. The van der Waals surface area contributed by atoms with Crippen molar-refractivity contribution in [2.45, 2.75) is 19.1 Å². The summed E-state index contributed by atoms with van der Waals surface area (Å²) in [6.07, 6.45) is -1.56. The molecule has 0 saturated carbocycles. The molecule has 1 rings (SSSR count). The molecule has 0 aliphatic carbocycles. The van der Waals surface area contributed by atoms with E-state index in [0.29, 0.717) is 19.0 Å². The van der Waals surface area contributed by atoms with E-state index in [2.05, 4.69) is 20.7 Å². The summed E-state index contributed by atoms with van der Waals surface area (Å²) in [6.45, 7) is 0.964. The largest absolute Gasteiger partial charge is 0.390 e. The number of guanidine groups is 1. The molecule has 0 amide bonds. The first-order valence-corrected chi connectivity index (χ1v) is 5.50. The van der Waals surface area contributed by atoms with E-state index in [1.807, 2.05) is 6.20 Å². The van der Waals surface area contributed by atoms with Gasteiger partial charge in [-0.1, -0.05) is 0 Å². The van der Waals surface area contributed by atoms with Crippen LogP contribution in [-0.4, -0.2) is 42.1 Å². The summed E-state index contributed by atoms with van der Waals surface area (Å²) >= 11 is 0. The number of nitrogens with zero attached hydrogens (tertiary/aromatic N) is 3. The van der Waals surface area contributed by atoms with Crippen molar-refractivity contribution in [3.8, 4) is 0 Å². The second kappa shape index (κ2) is 6.87. The number of rotatable bonds is 5. The lowest BCUT2D eigenvalue weighted by Gasteiger charge is -2.12. The molecule has 0 atom stereocenters. The highest BCUT2D eigenvalue weighted by atomic mass is 19.4. The second-order valence-electron chi connectivity index (χ2n) is 3.56. The molecule has 8 heteroatoms. The van der Waals surface area contributed by atoms with Crippen LogP contribution in [0, 0.1) is 0 Å². The molecule has 5 nitrogen and oxygen atoms in total. The molecule has 0 aliphatic rings. The van der Waals surface area contributed by atoms with Crippen LogP contribution in [-0.2, 0) is 6.54 Å². The van der Waals surface area contributed by atoms with E-state index in [1.54, 1.807) is 16.9 Å². The van der Waals surface area contributed by atoms with E-state index in [9.17, 15) is 13.2 Å². The molecular formula is C10H16F3N5. The minimum Gasteiger partial charge on any atom is -0.356 e. The first-order chi connectivity index (χ1) is 8.51. The van der Waals surface area contributed by atoms with Gasteiger partial charge in [-0.3, -0.25) is 9.67 Å². The van der Waals surface area contributed by atoms with Crippen LogP contribution in [0.2, 0.25) is 0 Å². The average Bonchev–Trinajstić information content (AvgIpc) is 2.78. The molecule has 0 aromatic carbocycles. The van der Waals surface area contributed by atoms with E-state index >= 15 is 0 Å². The highest BCUT2D eigenvalue weighted by Gasteiger charge is 2.26. The summed E-state index contributed by atoms with van der Waals surface area (Å²) in [5, 5.41) is 9.50. The van der Waals surface area contributed by atoms with Gasteiger partial charge in [0.2, 0.25) is 0 Å². The fraction of sp³-hybridized carbons (Fsp3) is 0.600. The molecule has 1 heterocycles. The maximum atomic E-state index is 11.9. The quantitative estimate of drug-likeness (QED) is 0.615. The van der Waals surface area contributed by atoms with Gasteiger partial charge >= 0.3 is 6.18 Å². The van der Waals surface area contributed by atoms with E-state index < -0.39 is 12.6 Å². The Morgan fingerprint density at radius 2 is 2.06 bits per heavy atom. The highest BCUT2D eigenvalue weighted by Crippen LogP contribution is 2.17. The predicted molar refractivity (Wildman–Crippen MR) is 62.3 cm³/mol. The summed E-state index contributed by atoms with van der Waals surface area (Å²) in [5.74, 6) is 0.353.